The lowest BCUT2D eigenvalue weighted by Gasteiger charge is -2.26. The topological polar surface area (TPSA) is 29.3 Å². The van der Waals surface area contributed by atoms with Crippen molar-refractivity contribution < 1.29 is 4.42 Å². The zero-order valence-electron chi connectivity index (χ0n) is 25.0. The molecule has 3 nitrogen and oxygen atoms in total. The van der Waals surface area contributed by atoms with Gasteiger partial charge in [0.05, 0.1) is 0 Å². The second-order valence-electron chi connectivity index (χ2n) is 11.6. The van der Waals surface area contributed by atoms with Gasteiger partial charge in [-0.25, -0.2) is 4.98 Å². The Morgan fingerprint density at radius 3 is 1.74 bits per heavy atom. The largest absolute Gasteiger partial charge is 0.454 e. The first-order valence-electron chi connectivity index (χ1n) is 15.6. The number of nitrogens with zero attached hydrogens (tertiary/aromatic N) is 2. The van der Waals surface area contributed by atoms with E-state index in [0.29, 0.717) is 0 Å². The maximum absolute atomic E-state index is 6.40. The molecule has 0 unspecified atom stereocenters. The van der Waals surface area contributed by atoms with Gasteiger partial charge in [-0.3, -0.25) is 4.90 Å². The van der Waals surface area contributed by atoms with Gasteiger partial charge in [0, 0.05) is 27.5 Å². The first-order valence-corrected chi connectivity index (χ1v) is 15.6. The van der Waals surface area contributed by atoms with Gasteiger partial charge >= 0.3 is 0 Å². The number of furan rings is 1. The van der Waals surface area contributed by atoms with Gasteiger partial charge in [-0.05, 0) is 69.4 Å². The van der Waals surface area contributed by atoms with Crippen molar-refractivity contribution in [3.05, 3.63) is 170 Å². The van der Waals surface area contributed by atoms with Gasteiger partial charge in [-0.1, -0.05) is 133 Å². The minimum Gasteiger partial charge on any atom is -0.454 e. The minimum atomic E-state index is 0.811. The third-order valence-corrected chi connectivity index (χ3v) is 8.87. The molecule has 0 atom stereocenters. The van der Waals surface area contributed by atoms with Gasteiger partial charge < -0.3 is 4.42 Å². The monoisotopic (exact) mass is 588 g/mol. The van der Waals surface area contributed by atoms with E-state index in [9.17, 15) is 0 Å². The number of pyridine rings is 1. The Hall–Kier alpha value is -6.19. The summed E-state index contributed by atoms with van der Waals surface area (Å²) in [6, 6.07) is 59.7. The van der Waals surface area contributed by atoms with Crippen molar-refractivity contribution in [2.24, 2.45) is 0 Å². The number of fused-ring (bicyclic) bond motifs is 6. The summed E-state index contributed by atoms with van der Waals surface area (Å²) in [5.74, 6) is 0.861. The van der Waals surface area contributed by atoms with Crippen LogP contribution in [0.2, 0.25) is 0 Å². The van der Waals surface area contributed by atoms with E-state index in [4.69, 9.17) is 9.40 Å². The number of anilines is 3. The summed E-state index contributed by atoms with van der Waals surface area (Å²) in [7, 11) is 0. The second kappa shape index (κ2) is 10.8. The minimum absolute atomic E-state index is 0.811. The highest BCUT2D eigenvalue weighted by Gasteiger charge is 2.22. The second-order valence-corrected chi connectivity index (χ2v) is 11.6. The Morgan fingerprint density at radius 1 is 0.413 bits per heavy atom. The van der Waals surface area contributed by atoms with Crippen molar-refractivity contribution in [3.63, 3.8) is 0 Å². The Kier molecular flexibility index (Phi) is 6.14. The maximum atomic E-state index is 6.40. The van der Waals surface area contributed by atoms with Crippen LogP contribution in [0, 0.1) is 0 Å². The summed E-state index contributed by atoms with van der Waals surface area (Å²) < 4.78 is 6.40. The molecule has 0 bridgehead atoms. The van der Waals surface area contributed by atoms with Crippen LogP contribution < -0.4 is 4.90 Å². The predicted octanol–water partition coefficient (Wildman–Crippen LogP) is 12.1. The zero-order valence-corrected chi connectivity index (χ0v) is 25.0. The standard InChI is InChI=1S/C43H28N2O/c1-2-11-29(12-3-1)30-21-25-33(26-22-30)45(34-27-23-32(24-28-34)36-19-10-14-31-13-4-5-15-35(31)36)43-38-17-7-6-16-37(38)42-41(44-43)39-18-8-9-20-40(39)46-42/h1-28H. The number of para-hydroxylation sites is 1. The van der Waals surface area contributed by atoms with Crippen molar-refractivity contribution >= 4 is 60.8 Å². The van der Waals surface area contributed by atoms with Crippen molar-refractivity contribution in [3.8, 4) is 22.3 Å². The highest BCUT2D eigenvalue weighted by molar-refractivity contribution is 6.16. The lowest BCUT2D eigenvalue weighted by Crippen LogP contribution is -2.12. The van der Waals surface area contributed by atoms with Crippen LogP contribution in [0.4, 0.5) is 17.2 Å². The molecule has 0 aliphatic carbocycles. The van der Waals surface area contributed by atoms with Crippen molar-refractivity contribution in [1.82, 2.24) is 4.98 Å². The van der Waals surface area contributed by atoms with Crippen LogP contribution >= 0.6 is 0 Å². The van der Waals surface area contributed by atoms with Crippen LogP contribution in [0.5, 0.6) is 0 Å². The van der Waals surface area contributed by atoms with E-state index in [1.54, 1.807) is 0 Å². The average Bonchev–Trinajstić information content (AvgIpc) is 3.51. The number of benzene rings is 7. The maximum Gasteiger partial charge on any atom is 0.161 e. The van der Waals surface area contributed by atoms with E-state index in [0.717, 1.165) is 50.0 Å². The highest BCUT2D eigenvalue weighted by Crippen LogP contribution is 2.43. The molecule has 0 saturated heterocycles. The third kappa shape index (κ3) is 4.33. The number of aromatic nitrogens is 1. The Balaban J connectivity index is 1.26. The molecular weight excluding hydrogens is 560 g/mol. The highest BCUT2D eigenvalue weighted by atomic mass is 16.3. The van der Waals surface area contributed by atoms with Gasteiger partial charge in [-0.2, -0.15) is 0 Å². The van der Waals surface area contributed by atoms with E-state index >= 15 is 0 Å². The fourth-order valence-corrected chi connectivity index (χ4v) is 6.63. The van der Waals surface area contributed by atoms with E-state index in [-0.39, 0.29) is 0 Å². The summed E-state index contributed by atoms with van der Waals surface area (Å²) in [5.41, 5.74) is 9.33. The number of rotatable bonds is 5. The van der Waals surface area contributed by atoms with Crippen LogP contribution in [0.15, 0.2) is 174 Å². The molecule has 0 spiro atoms. The van der Waals surface area contributed by atoms with E-state index in [1.165, 1.54) is 33.0 Å². The van der Waals surface area contributed by atoms with Crippen LogP contribution in [-0.4, -0.2) is 4.98 Å². The molecule has 216 valence electrons. The number of hydrogen-bond acceptors (Lipinski definition) is 3. The molecule has 2 heterocycles. The fraction of sp³-hybridized carbons (Fsp3) is 0. The molecule has 46 heavy (non-hydrogen) atoms. The molecule has 3 heteroatoms. The van der Waals surface area contributed by atoms with Gasteiger partial charge in [0.15, 0.2) is 5.58 Å². The molecule has 0 radical (unpaired) electrons. The van der Waals surface area contributed by atoms with E-state index in [1.807, 2.05) is 24.3 Å². The quantitative estimate of drug-likeness (QED) is 0.200. The van der Waals surface area contributed by atoms with E-state index in [2.05, 4.69) is 150 Å². The summed E-state index contributed by atoms with van der Waals surface area (Å²) in [6.07, 6.45) is 0. The molecule has 0 aliphatic heterocycles. The van der Waals surface area contributed by atoms with Crippen molar-refractivity contribution in [1.29, 1.82) is 0 Å². The predicted molar refractivity (Wildman–Crippen MR) is 192 cm³/mol. The summed E-state index contributed by atoms with van der Waals surface area (Å²) >= 11 is 0. The molecule has 9 rings (SSSR count). The molecule has 7 aromatic carbocycles. The molecule has 0 saturated carbocycles. The summed E-state index contributed by atoms with van der Waals surface area (Å²) in [5, 5.41) is 5.56. The fourth-order valence-electron chi connectivity index (χ4n) is 6.63. The van der Waals surface area contributed by atoms with Crippen LogP contribution in [-0.2, 0) is 0 Å². The van der Waals surface area contributed by atoms with Gasteiger partial charge in [0.25, 0.3) is 0 Å². The number of hydrogen-bond donors (Lipinski definition) is 0. The summed E-state index contributed by atoms with van der Waals surface area (Å²) in [4.78, 5) is 7.65. The Labute approximate surface area is 266 Å². The van der Waals surface area contributed by atoms with Gasteiger partial charge in [0.1, 0.15) is 16.9 Å². The molecule has 0 amide bonds. The zero-order chi connectivity index (χ0) is 30.5. The Morgan fingerprint density at radius 2 is 0.978 bits per heavy atom. The average molecular weight is 589 g/mol. The smallest absolute Gasteiger partial charge is 0.161 e. The lowest BCUT2D eigenvalue weighted by molar-refractivity contribution is 0.672. The molecule has 0 fully saturated rings. The van der Waals surface area contributed by atoms with E-state index < -0.39 is 0 Å². The Bertz CT molecular complexity index is 2510. The van der Waals surface area contributed by atoms with Crippen LogP contribution in [0.3, 0.4) is 0 Å². The summed E-state index contributed by atoms with van der Waals surface area (Å²) in [6.45, 7) is 0. The van der Waals surface area contributed by atoms with Crippen molar-refractivity contribution in [2.75, 3.05) is 4.90 Å². The molecule has 2 aromatic heterocycles. The third-order valence-electron chi connectivity index (χ3n) is 8.87. The van der Waals surface area contributed by atoms with Crippen LogP contribution in [0.1, 0.15) is 0 Å². The molecule has 0 aliphatic rings. The van der Waals surface area contributed by atoms with Gasteiger partial charge in [0.2, 0.25) is 0 Å². The normalized spacial score (nSPS) is 11.5. The molecular formula is C43H28N2O. The first kappa shape index (κ1) is 26.2. The molecule has 9 aromatic rings. The SMILES string of the molecule is c1ccc(-c2ccc(N(c3ccc(-c4cccc5ccccc45)cc3)c3nc4c5ccccc5oc4c4ccccc34)cc2)cc1. The lowest BCUT2D eigenvalue weighted by atomic mass is 9.98. The molecule has 0 N–H and O–H groups in total. The first-order chi connectivity index (χ1) is 22.8. The van der Waals surface area contributed by atoms with Crippen molar-refractivity contribution in [2.45, 2.75) is 0 Å². The van der Waals surface area contributed by atoms with Gasteiger partial charge in [-0.15, -0.1) is 0 Å². The van der Waals surface area contributed by atoms with Crippen LogP contribution in [0.25, 0.3) is 65.9 Å².